The Balaban J connectivity index is 0.000000605. The van der Waals surface area contributed by atoms with Crippen LogP contribution >= 0.6 is 0 Å². The van der Waals surface area contributed by atoms with Crippen molar-refractivity contribution in [2.75, 3.05) is 5.32 Å². The van der Waals surface area contributed by atoms with Crippen molar-refractivity contribution in [3.05, 3.63) is 36.4 Å². The summed E-state index contributed by atoms with van der Waals surface area (Å²) < 4.78 is 0. The summed E-state index contributed by atoms with van der Waals surface area (Å²) in [5, 5.41) is 3.24. The van der Waals surface area contributed by atoms with Gasteiger partial charge < -0.3 is 5.32 Å². The molecule has 0 unspecified atom stereocenters. The van der Waals surface area contributed by atoms with E-state index in [1.165, 1.54) is 17.7 Å². The van der Waals surface area contributed by atoms with Gasteiger partial charge in [-0.05, 0) is 11.6 Å². The van der Waals surface area contributed by atoms with Gasteiger partial charge in [-0.3, -0.25) is 0 Å². The van der Waals surface area contributed by atoms with Gasteiger partial charge in [0.2, 0.25) is 0 Å². The van der Waals surface area contributed by atoms with Crippen molar-refractivity contribution in [2.45, 2.75) is 12.8 Å². The largest absolute Gasteiger partial charge is 0.535 e. The first-order valence-corrected chi connectivity index (χ1v) is 3.63. The van der Waals surface area contributed by atoms with E-state index >= 15 is 0 Å². The smallest absolute Gasteiger partial charge is 0.00780 e. The van der Waals surface area contributed by atoms with Crippen molar-refractivity contribution in [1.29, 1.82) is 0 Å². The molecular formula is C9H10NRe-. The maximum atomic E-state index is 3.24. The van der Waals surface area contributed by atoms with Crippen molar-refractivity contribution in [3.8, 4) is 0 Å². The van der Waals surface area contributed by atoms with Crippen LogP contribution in [-0.4, -0.2) is 0 Å². The average molecular weight is 318 g/mol. The Morgan fingerprint density at radius 3 is 2.91 bits per heavy atom. The Kier molecular flexibility index (Phi) is 3.11. The second-order valence-corrected chi connectivity index (χ2v) is 2.54. The van der Waals surface area contributed by atoms with Gasteiger partial charge in [0.15, 0.2) is 0 Å². The number of aryl methyl sites for hydroxylation is 1. The Labute approximate surface area is 80.8 Å². The van der Waals surface area contributed by atoms with Gasteiger partial charge >= 0.3 is 0 Å². The van der Waals surface area contributed by atoms with Crippen LogP contribution in [-0.2, 0) is 26.8 Å². The number of para-hydroxylation sites is 1. The molecule has 1 radical (unpaired) electrons. The minimum absolute atomic E-state index is 0. The number of benzene rings is 1. The summed E-state index contributed by atoms with van der Waals surface area (Å²) in [6, 6.07) is 8.44. The third-order valence-corrected chi connectivity index (χ3v) is 1.83. The van der Waals surface area contributed by atoms with Crippen LogP contribution in [0.3, 0.4) is 0 Å². The molecule has 11 heavy (non-hydrogen) atoms. The maximum Gasteiger partial charge on any atom is 0.00780 e. The minimum atomic E-state index is 0. The minimum Gasteiger partial charge on any atom is -0.535 e. The number of hydrogen-bond donors (Lipinski definition) is 1. The van der Waals surface area contributed by atoms with Crippen LogP contribution in [0, 0.1) is 6.54 Å². The van der Waals surface area contributed by atoms with E-state index in [1.807, 2.05) is 0 Å². The second-order valence-electron chi connectivity index (χ2n) is 2.54. The van der Waals surface area contributed by atoms with E-state index in [0.29, 0.717) is 0 Å². The zero-order valence-electron chi connectivity index (χ0n) is 6.18. The number of fused-ring (bicyclic) bond motifs is 1. The van der Waals surface area contributed by atoms with Gasteiger partial charge in [-0.25, -0.2) is 6.54 Å². The molecule has 0 saturated carbocycles. The predicted molar refractivity (Wildman–Crippen MR) is 42.7 cm³/mol. The van der Waals surface area contributed by atoms with Crippen LogP contribution in [0.2, 0.25) is 0 Å². The van der Waals surface area contributed by atoms with Crippen LogP contribution in [0.15, 0.2) is 24.3 Å². The monoisotopic (exact) mass is 319 g/mol. The van der Waals surface area contributed by atoms with Crippen LogP contribution in [0.25, 0.3) is 0 Å². The molecule has 1 heterocycles. The number of rotatable bonds is 0. The normalized spacial score (nSPS) is 14.2. The molecule has 1 aromatic carbocycles. The molecular weight excluding hydrogens is 308 g/mol. The molecule has 1 aliphatic rings. The van der Waals surface area contributed by atoms with E-state index in [0.717, 1.165) is 6.42 Å². The van der Waals surface area contributed by atoms with Crippen LogP contribution < -0.4 is 5.32 Å². The average Bonchev–Trinajstić information content (AvgIpc) is 2.05. The van der Waals surface area contributed by atoms with Gasteiger partial charge in [0.1, 0.15) is 0 Å². The van der Waals surface area contributed by atoms with E-state index in [2.05, 4.69) is 36.1 Å². The third-order valence-electron chi connectivity index (χ3n) is 1.83. The maximum absolute atomic E-state index is 3.24. The quantitative estimate of drug-likeness (QED) is 0.723. The fourth-order valence-electron chi connectivity index (χ4n) is 1.29. The van der Waals surface area contributed by atoms with E-state index in [4.69, 9.17) is 0 Å². The van der Waals surface area contributed by atoms with Crippen LogP contribution in [0.1, 0.15) is 12.0 Å². The van der Waals surface area contributed by atoms with Crippen LogP contribution in [0.4, 0.5) is 5.69 Å². The van der Waals surface area contributed by atoms with Crippen molar-refractivity contribution in [1.82, 2.24) is 0 Å². The first kappa shape index (κ1) is 8.78. The van der Waals surface area contributed by atoms with E-state index in [-0.39, 0.29) is 20.4 Å². The molecule has 0 bridgehead atoms. The summed E-state index contributed by atoms with van der Waals surface area (Å²) >= 11 is 0. The third kappa shape index (κ3) is 1.83. The standard InChI is InChI=1S/C9H10N.Re/c1-2-6-9-8(4-1)5-3-7-10-9;/h1-2,4,6-7,10H,3,5H2;/q-1;. The Morgan fingerprint density at radius 2 is 2.09 bits per heavy atom. The summed E-state index contributed by atoms with van der Waals surface area (Å²) in [5.74, 6) is 0. The summed E-state index contributed by atoms with van der Waals surface area (Å²) in [7, 11) is 0. The SMILES string of the molecule is [Re].c1ccc2c(c1)CC[CH-]N2. The number of nitrogens with one attached hydrogen (secondary N) is 1. The first-order chi connectivity index (χ1) is 4.97. The molecule has 0 aliphatic carbocycles. The van der Waals surface area contributed by atoms with Gasteiger partial charge in [-0.1, -0.05) is 24.6 Å². The zero-order valence-corrected chi connectivity index (χ0v) is 8.89. The van der Waals surface area contributed by atoms with Crippen molar-refractivity contribution in [3.63, 3.8) is 0 Å². The summed E-state index contributed by atoms with van der Waals surface area (Å²) in [6.07, 6.45) is 2.33. The summed E-state index contributed by atoms with van der Waals surface area (Å²) in [4.78, 5) is 0. The second kappa shape index (κ2) is 3.90. The molecule has 2 rings (SSSR count). The molecule has 1 aromatic rings. The van der Waals surface area contributed by atoms with E-state index < -0.39 is 0 Å². The van der Waals surface area contributed by atoms with E-state index in [9.17, 15) is 0 Å². The summed E-state index contributed by atoms with van der Waals surface area (Å²) in [6.45, 7) is 2.11. The molecule has 2 heteroatoms. The molecule has 1 N–H and O–H groups in total. The molecule has 0 amide bonds. The molecule has 1 aliphatic heterocycles. The van der Waals surface area contributed by atoms with Crippen molar-refractivity contribution >= 4 is 5.69 Å². The number of hydrogen-bond acceptors (Lipinski definition) is 1. The fourth-order valence-corrected chi connectivity index (χ4v) is 1.29. The Morgan fingerprint density at radius 1 is 1.27 bits per heavy atom. The van der Waals surface area contributed by atoms with Crippen molar-refractivity contribution in [2.24, 2.45) is 0 Å². The molecule has 0 saturated heterocycles. The summed E-state index contributed by atoms with van der Waals surface area (Å²) in [5.41, 5.74) is 2.71. The molecule has 0 aromatic heterocycles. The van der Waals surface area contributed by atoms with Gasteiger partial charge in [0.05, 0.1) is 0 Å². The zero-order chi connectivity index (χ0) is 6.81. The van der Waals surface area contributed by atoms with Gasteiger partial charge in [0, 0.05) is 26.1 Å². The Hall–Kier alpha value is -0.318. The molecule has 59 valence electrons. The molecule has 0 atom stereocenters. The fraction of sp³-hybridized carbons (Fsp3) is 0.222. The van der Waals surface area contributed by atoms with Crippen LogP contribution in [0.5, 0.6) is 0 Å². The van der Waals surface area contributed by atoms with E-state index in [1.54, 1.807) is 0 Å². The van der Waals surface area contributed by atoms with Gasteiger partial charge in [0.25, 0.3) is 0 Å². The first-order valence-electron chi connectivity index (χ1n) is 3.63. The van der Waals surface area contributed by atoms with Gasteiger partial charge in [-0.2, -0.15) is 6.42 Å². The van der Waals surface area contributed by atoms with Crippen molar-refractivity contribution < 1.29 is 20.4 Å². The Bertz CT molecular complexity index is 210. The number of anilines is 1. The topological polar surface area (TPSA) is 12.0 Å². The van der Waals surface area contributed by atoms with Gasteiger partial charge in [-0.15, -0.1) is 0 Å². The molecule has 1 nitrogen and oxygen atoms in total. The molecule has 0 spiro atoms. The molecule has 0 fully saturated rings. The predicted octanol–water partition coefficient (Wildman–Crippen LogP) is 2.20.